The molecular weight excluding hydrogens is 1550 g/mol. The van der Waals surface area contributed by atoms with Gasteiger partial charge in [0.15, 0.2) is 0 Å². The van der Waals surface area contributed by atoms with E-state index in [1.165, 1.54) is 229 Å². The third-order valence-corrected chi connectivity index (χ3v) is 38.0. The molecule has 1 atom stereocenters. The molecule has 0 bridgehead atoms. The van der Waals surface area contributed by atoms with Crippen molar-refractivity contribution in [3.63, 3.8) is 0 Å². The highest BCUT2D eigenvalue weighted by Crippen LogP contribution is 2.62. The first kappa shape index (κ1) is 88.1. The number of hydrogen-bond acceptors (Lipinski definition) is 4. The van der Waals surface area contributed by atoms with Crippen LogP contribution in [0.5, 0.6) is 0 Å². The van der Waals surface area contributed by atoms with Crippen molar-refractivity contribution in [2.24, 2.45) is 0 Å². The molecule has 650 valence electrons. The van der Waals surface area contributed by atoms with Gasteiger partial charge in [0.25, 0.3) is 0 Å². The minimum Gasteiger partial charge on any atom is -0.345 e. The van der Waals surface area contributed by atoms with Crippen LogP contribution in [-0.4, -0.2) is 36.3 Å². The molecule has 5 heteroatoms. The van der Waals surface area contributed by atoms with E-state index in [9.17, 15) is 0 Å². The maximum Gasteiger partial charge on any atom is 0.121 e. The van der Waals surface area contributed by atoms with Gasteiger partial charge in [-0.2, -0.15) is 0 Å². The van der Waals surface area contributed by atoms with Crippen LogP contribution in [0.3, 0.4) is 0 Å². The predicted molar refractivity (Wildman–Crippen MR) is 563 cm³/mol. The van der Waals surface area contributed by atoms with Gasteiger partial charge in [0.1, 0.15) is 8.07 Å². The largest absolute Gasteiger partial charge is 0.345 e. The van der Waals surface area contributed by atoms with Crippen LogP contribution in [0.4, 0.5) is 45.5 Å². The fraction of sp³-hybridized carbons (Fsp3) is 0.344. The molecule has 0 aliphatic carbocycles. The normalized spacial score (nSPS) is 17.1. The van der Waals surface area contributed by atoms with Crippen molar-refractivity contribution in [3.8, 4) is 0 Å². The lowest BCUT2D eigenvalue weighted by Crippen LogP contribution is -2.61. The molecule has 0 N–H and O–H groups in total. The van der Waals surface area contributed by atoms with Crippen molar-refractivity contribution in [3.05, 3.63) is 321 Å². The molecule has 16 aromatic carbocycles. The molecule has 4 aliphatic heterocycles. The average Bonchev–Trinajstić information content (AvgIpc) is 1.51. The second kappa shape index (κ2) is 32.0. The van der Waals surface area contributed by atoms with Gasteiger partial charge in [-0.15, -0.1) is 0 Å². The molecular formula is C122H138N4Si. The monoisotopic (exact) mass is 1690 g/mol. The molecule has 4 nitrogen and oxygen atoms in total. The first-order chi connectivity index (χ1) is 60.3. The van der Waals surface area contributed by atoms with E-state index in [0.717, 1.165) is 12.8 Å². The van der Waals surface area contributed by atoms with Gasteiger partial charge in [0.05, 0.1) is 17.1 Å². The molecule has 1 unspecified atom stereocenters. The maximum atomic E-state index is 2.62. The molecule has 0 amide bonds. The van der Waals surface area contributed by atoms with Crippen LogP contribution < -0.4 is 30.0 Å². The van der Waals surface area contributed by atoms with Crippen LogP contribution in [-0.2, 0) is 50.7 Å². The van der Waals surface area contributed by atoms with Crippen molar-refractivity contribution in [1.82, 2.24) is 0 Å². The summed E-state index contributed by atoms with van der Waals surface area (Å²) in [5, 5.41) is 25.2. The summed E-state index contributed by atoms with van der Waals surface area (Å²) in [6.45, 7) is 57.5. The molecule has 16 aromatic rings. The van der Waals surface area contributed by atoms with E-state index in [0.29, 0.717) is 5.92 Å². The molecule has 0 saturated heterocycles. The summed E-state index contributed by atoms with van der Waals surface area (Å²) in [7, 11) is 7.17. The molecule has 0 radical (unpaired) electrons. The Morgan fingerprint density at radius 2 is 0.740 bits per heavy atom. The van der Waals surface area contributed by atoms with Crippen LogP contribution in [0, 0.1) is 20.8 Å². The van der Waals surface area contributed by atoms with Gasteiger partial charge in [-0.25, -0.2) is 0 Å². The summed E-state index contributed by atoms with van der Waals surface area (Å²) < 4.78 is 0. The predicted octanol–water partition coefficient (Wildman–Crippen LogP) is 32.9. The number of rotatable bonds is 7. The highest BCUT2D eigenvalue weighted by atomic mass is 28.3. The Kier molecular flexibility index (Phi) is 22.2. The summed E-state index contributed by atoms with van der Waals surface area (Å²) in [4.78, 5) is 9.90. The van der Waals surface area contributed by atoms with Gasteiger partial charge in [-0.3, -0.25) is 0 Å². The Morgan fingerprint density at radius 1 is 0.315 bits per heavy atom. The Bertz CT molecular complexity index is 6980. The fourth-order valence-electron chi connectivity index (χ4n) is 24.3. The second-order valence-electron chi connectivity index (χ2n) is 42.3. The van der Waals surface area contributed by atoms with Crippen molar-refractivity contribution < 1.29 is 0 Å². The van der Waals surface area contributed by atoms with Crippen LogP contribution >= 0.6 is 0 Å². The van der Waals surface area contributed by atoms with Crippen LogP contribution in [0.1, 0.15) is 236 Å². The number of aryl methyl sites for hydroxylation is 4. The SMILES string of the molecule is CCC[Si]1(C)c2cccc(C)c2N(C)c2ccc3cc4c(C(CC)CC)cccc4cc3c21.CCc1c2c(cc3ccccc13)N(C)c1cc3ccccc3c(CC)c1C(C)(C)C2(C)C.CN1c2c(ccc3ccccc23)C(C)(C)C(C)(C)c2cc(C(C)(C)C)c3ccccc3c21.Cc1c2c(c3ccccc3c1C)N(C)c1ccc3ccccc3c1C(C)(C)C2(C)C. The van der Waals surface area contributed by atoms with E-state index in [2.05, 4.69) is 462 Å². The summed E-state index contributed by atoms with van der Waals surface area (Å²) in [5.41, 5.74) is 29.7. The van der Waals surface area contributed by atoms with E-state index in [4.69, 9.17) is 0 Å². The summed E-state index contributed by atoms with van der Waals surface area (Å²) >= 11 is 0. The zero-order chi connectivity index (χ0) is 90.6. The van der Waals surface area contributed by atoms with Crippen molar-refractivity contribution in [1.29, 1.82) is 0 Å². The number of hydrogen-bond donors (Lipinski definition) is 0. The van der Waals surface area contributed by atoms with E-state index in [-0.39, 0.29) is 37.9 Å². The van der Waals surface area contributed by atoms with Crippen LogP contribution in [0.2, 0.25) is 12.6 Å². The first-order valence-electron chi connectivity index (χ1n) is 47.6. The van der Waals surface area contributed by atoms with E-state index in [1.807, 2.05) is 0 Å². The number of para-hydroxylation sites is 1. The zero-order valence-electron chi connectivity index (χ0n) is 81.8. The van der Waals surface area contributed by atoms with Crippen LogP contribution in [0.25, 0.3) is 86.2 Å². The van der Waals surface area contributed by atoms with Crippen molar-refractivity contribution in [2.45, 2.75) is 248 Å². The Labute approximate surface area is 761 Å². The van der Waals surface area contributed by atoms with Gasteiger partial charge >= 0.3 is 0 Å². The molecule has 4 heterocycles. The summed E-state index contributed by atoms with van der Waals surface area (Å²) in [6, 6.07) is 95.1. The first-order valence-corrected chi connectivity index (χ1v) is 50.3. The quantitative estimate of drug-likeness (QED) is 0.116. The number of benzene rings is 16. The van der Waals surface area contributed by atoms with E-state index in [1.54, 1.807) is 10.4 Å². The van der Waals surface area contributed by atoms with Crippen LogP contribution in [0.15, 0.2) is 249 Å². The number of nitrogens with zero attached hydrogens (tertiary/aromatic N) is 4. The maximum absolute atomic E-state index is 2.62. The molecule has 127 heavy (non-hydrogen) atoms. The van der Waals surface area contributed by atoms with Gasteiger partial charge < -0.3 is 19.6 Å². The number of anilines is 8. The summed E-state index contributed by atoms with van der Waals surface area (Å²) in [5.74, 6) is 0.629. The second-order valence-corrected chi connectivity index (χ2v) is 46.5. The lowest BCUT2D eigenvalue weighted by Gasteiger charge is -2.44. The Balaban J connectivity index is 0.000000119. The molecule has 0 aromatic heterocycles. The smallest absolute Gasteiger partial charge is 0.121 e. The average molecular weight is 1690 g/mol. The lowest BCUT2D eigenvalue weighted by molar-refractivity contribution is 0.304. The highest BCUT2D eigenvalue weighted by Gasteiger charge is 2.52. The Hall–Kier alpha value is -11.0. The standard InChI is InChI=1S/C31H37NSi.2C31H35N.C29H31N/c1-7-18-33(6)29-15-10-12-21(4)30(29)32(5)28-17-16-24-19-26-23(20-27(24)31(28)33)13-11-14-25(26)22(8-2)9-3;1-29(2,3)25-19-26-28(23-16-12-11-15-22(23)25)32(8)27-21-14-10-9-13-20(21)17-18-24(27)30(4,5)31(26,6)7;1-8-22-24-16-12-10-14-20(24)18-26-28(22)30(3,4)31(5,6)29-23(9-2)25-17-13-11-15-21(25)19-27(29)32(26)7;1-18-19(2)25-27(23-15-11-10-13-21(18)23)30(7)24-17-16-20-12-8-9-14-22(20)26(24)29(5,6)28(25,3)4/h10-17,19-20,22H,7-9,18H2,1-6H3;9-19H,1-8H3;10-19H,8-9H2,1-7H3;8-17H,1-7H3. The Morgan fingerprint density at radius 3 is 1.31 bits per heavy atom. The minimum atomic E-state index is -1.89. The lowest BCUT2D eigenvalue weighted by atomic mass is 9.58. The highest BCUT2D eigenvalue weighted by molar-refractivity contribution is 7.05. The molecule has 4 aliphatic rings. The van der Waals surface area contributed by atoms with Gasteiger partial charge in [0.2, 0.25) is 0 Å². The third-order valence-electron chi connectivity index (χ3n) is 33.3. The minimum absolute atomic E-state index is 0.0381. The molecule has 0 saturated carbocycles. The number of fused-ring (bicyclic) bond motifs is 21. The van der Waals surface area contributed by atoms with Gasteiger partial charge in [-0.1, -0.05) is 364 Å². The fourth-order valence-corrected chi connectivity index (χ4v) is 29.1. The summed E-state index contributed by atoms with van der Waals surface area (Å²) in [6.07, 6.45) is 5.69. The van der Waals surface area contributed by atoms with Crippen molar-refractivity contribution in [2.75, 3.05) is 47.8 Å². The van der Waals surface area contributed by atoms with E-state index >= 15 is 0 Å². The third kappa shape index (κ3) is 13.4. The van der Waals surface area contributed by atoms with E-state index < -0.39 is 8.07 Å². The molecule has 0 fully saturated rings. The van der Waals surface area contributed by atoms with Gasteiger partial charge in [-0.05, 0) is 253 Å². The molecule has 20 rings (SSSR count). The van der Waals surface area contributed by atoms with Gasteiger partial charge in [0, 0.05) is 105 Å². The van der Waals surface area contributed by atoms with Crippen molar-refractivity contribution >= 4 is 150 Å². The zero-order valence-corrected chi connectivity index (χ0v) is 82.8. The topological polar surface area (TPSA) is 13.0 Å². The molecule has 0 spiro atoms.